The van der Waals surface area contributed by atoms with E-state index in [1.807, 2.05) is 13.8 Å². The zero-order valence-corrected chi connectivity index (χ0v) is 40.5. The van der Waals surface area contributed by atoms with Gasteiger partial charge >= 0.3 is 5.97 Å². The van der Waals surface area contributed by atoms with Crippen LogP contribution < -0.4 is 27.0 Å². The third kappa shape index (κ3) is 13.8. The SMILES string of the molecule is CC(C)C[C@H](NC(=O)[C@H](CO)NC(=O)[C@H](Cc1ccccc1)NC(=O)[C@@H](NC(=O)[C@@H]1CCCN1C(=O)[C@@H]1CCCN1C(=O)[C@@H]1CCCN1C(=O)[C@@H]1CCCN1C(=O)[C@@H](N)CC(C)C)[C@@H](C)O)C(=O)O. The number of amides is 8. The maximum absolute atomic E-state index is 14.4. The molecule has 9 N–H and O–H groups in total. The number of aliphatic hydroxyl groups excluding tert-OH is 2. The fraction of sp³-hybridized carbons (Fsp3) is 0.688. The van der Waals surface area contributed by atoms with Gasteiger partial charge in [0, 0.05) is 32.6 Å². The van der Waals surface area contributed by atoms with Gasteiger partial charge in [-0.25, -0.2) is 4.79 Å². The monoisotopic (exact) mass is 968 g/mol. The van der Waals surface area contributed by atoms with Crippen molar-refractivity contribution in [1.82, 2.24) is 40.9 Å². The first-order valence-electron chi connectivity index (χ1n) is 24.5. The number of aliphatic hydroxyl groups is 2. The molecule has 0 unspecified atom stereocenters. The van der Waals surface area contributed by atoms with Crippen LogP contribution in [0.15, 0.2) is 30.3 Å². The second kappa shape index (κ2) is 24.7. The van der Waals surface area contributed by atoms with Gasteiger partial charge in [-0.2, -0.15) is 0 Å². The predicted molar refractivity (Wildman–Crippen MR) is 250 cm³/mol. The van der Waals surface area contributed by atoms with Crippen LogP contribution in [0.4, 0.5) is 0 Å². The Morgan fingerprint density at radius 3 is 1.51 bits per heavy atom. The molecule has 0 aromatic heterocycles. The highest BCUT2D eigenvalue weighted by Gasteiger charge is 2.48. The smallest absolute Gasteiger partial charge is 0.326 e. The summed E-state index contributed by atoms with van der Waals surface area (Å²) in [6.07, 6.45) is 2.49. The Bertz CT molecular complexity index is 2020. The van der Waals surface area contributed by atoms with Crippen LogP contribution in [0, 0.1) is 11.8 Å². The van der Waals surface area contributed by atoms with Gasteiger partial charge in [-0.1, -0.05) is 58.0 Å². The molecule has 1 aromatic carbocycles. The van der Waals surface area contributed by atoms with Crippen molar-refractivity contribution in [3.63, 3.8) is 0 Å². The Morgan fingerprint density at radius 1 is 0.594 bits per heavy atom. The van der Waals surface area contributed by atoms with E-state index in [4.69, 9.17) is 5.73 Å². The Hall–Kier alpha value is -5.67. The maximum atomic E-state index is 14.4. The number of benzene rings is 1. The molecule has 0 radical (unpaired) electrons. The first-order valence-corrected chi connectivity index (χ1v) is 24.5. The zero-order valence-electron chi connectivity index (χ0n) is 40.5. The van der Waals surface area contributed by atoms with E-state index in [0.29, 0.717) is 70.0 Å². The standard InChI is InChI=1S/C48H73N9O12/c1-27(2)23-31(49)44(64)55-20-10-16-36(55)46(66)57-22-12-18-38(57)47(67)56-21-11-17-37(56)45(65)54-19-9-15-35(54)42(62)53-39(29(5)59)43(63)50-32(25-30-13-7-6-8-14-30)40(60)52-34(26-58)41(61)51-33(48(68)69)24-28(3)4/h6-8,13-14,27-29,31-39,58-59H,9-12,15-26,49H2,1-5H3,(H,50,63)(H,51,61)(H,52,60)(H,53,62)(H,68,69)/t29-,31+,32+,33+,34+,35+,36+,37+,38+,39+/m1/s1. The van der Waals surface area contributed by atoms with Gasteiger partial charge in [0.1, 0.15) is 48.3 Å². The Morgan fingerprint density at radius 2 is 1.03 bits per heavy atom. The minimum atomic E-state index is -1.63. The van der Waals surface area contributed by atoms with Gasteiger partial charge in [0.25, 0.3) is 0 Å². The van der Waals surface area contributed by atoms with E-state index in [1.54, 1.807) is 54.0 Å². The number of rotatable bonds is 21. The third-order valence-electron chi connectivity index (χ3n) is 13.5. The lowest BCUT2D eigenvalue weighted by atomic mass is 10.0. The van der Waals surface area contributed by atoms with Crippen LogP contribution in [-0.2, 0) is 49.6 Å². The van der Waals surface area contributed by atoms with E-state index < -0.39 is 103 Å². The second-order valence-electron chi connectivity index (χ2n) is 19.7. The molecule has 4 heterocycles. The van der Waals surface area contributed by atoms with Crippen molar-refractivity contribution in [2.45, 2.75) is 166 Å². The van der Waals surface area contributed by atoms with Gasteiger partial charge in [0.05, 0.1) is 18.8 Å². The highest BCUT2D eigenvalue weighted by atomic mass is 16.4. The molecule has 5 rings (SSSR count). The van der Waals surface area contributed by atoms with Crippen molar-refractivity contribution in [1.29, 1.82) is 0 Å². The van der Waals surface area contributed by atoms with Crippen molar-refractivity contribution in [2.24, 2.45) is 17.6 Å². The van der Waals surface area contributed by atoms with Crippen LogP contribution in [0.3, 0.4) is 0 Å². The van der Waals surface area contributed by atoms with Crippen LogP contribution in [0.5, 0.6) is 0 Å². The van der Waals surface area contributed by atoms with Gasteiger partial charge in [0.15, 0.2) is 0 Å². The molecule has 21 heteroatoms. The van der Waals surface area contributed by atoms with E-state index in [-0.39, 0.29) is 61.9 Å². The summed E-state index contributed by atoms with van der Waals surface area (Å²) < 4.78 is 0. The molecule has 4 saturated heterocycles. The molecule has 382 valence electrons. The number of nitrogens with zero attached hydrogens (tertiary/aromatic N) is 4. The number of likely N-dealkylation sites (tertiary alicyclic amines) is 4. The molecule has 8 amide bonds. The summed E-state index contributed by atoms with van der Waals surface area (Å²) >= 11 is 0. The van der Waals surface area contributed by atoms with Crippen molar-refractivity contribution < 1.29 is 58.5 Å². The molecular formula is C48H73N9O12. The lowest BCUT2D eigenvalue weighted by molar-refractivity contribution is -0.152. The molecule has 21 nitrogen and oxygen atoms in total. The van der Waals surface area contributed by atoms with Crippen LogP contribution in [-0.4, -0.2) is 181 Å². The van der Waals surface area contributed by atoms with E-state index in [9.17, 15) is 58.5 Å². The van der Waals surface area contributed by atoms with Gasteiger partial charge < -0.3 is 61.9 Å². The van der Waals surface area contributed by atoms with Crippen LogP contribution in [0.2, 0.25) is 0 Å². The van der Waals surface area contributed by atoms with Gasteiger partial charge in [-0.05, 0) is 88.5 Å². The number of carbonyl (C=O) groups is 9. The lowest BCUT2D eigenvalue weighted by Gasteiger charge is -2.36. The maximum Gasteiger partial charge on any atom is 0.326 e. The summed E-state index contributed by atoms with van der Waals surface area (Å²) in [5.41, 5.74) is 6.83. The number of carbonyl (C=O) groups excluding carboxylic acids is 8. The lowest BCUT2D eigenvalue weighted by Crippen LogP contribution is -2.62. The van der Waals surface area contributed by atoms with Gasteiger partial charge in [-0.15, -0.1) is 0 Å². The molecule has 0 saturated carbocycles. The van der Waals surface area contributed by atoms with Crippen molar-refractivity contribution in [3.8, 4) is 0 Å². The molecule has 0 bridgehead atoms. The average molecular weight is 968 g/mol. The molecule has 4 aliphatic heterocycles. The third-order valence-corrected chi connectivity index (χ3v) is 13.5. The highest BCUT2D eigenvalue weighted by molar-refractivity contribution is 5.99. The van der Waals surface area contributed by atoms with Crippen LogP contribution >= 0.6 is 0 Å². The van der Waals surface area contributed by atoms with E-state index in [0.717, 1.165) is 0 Å². The molecule has 0 aliphatic carbocycles. The summed E-state index contributed by atoms with van der Waals surface area (Å²) in [5.74, 6) is -6.21. The number of carboxylic acid groups (broad SMARTS) is 1. The number of aliphatic carboxylic acids is 1. The largest absolute Gasteiger partial charge is 0.480 e. The highest BCUT2D eigenvalue weighted by Crippen LogP contribution is 2.31. The first-order chi connectivity index (χ1) is 32.7. The van der Waals surface area contributed by atoms with Gasteiger partial charge in [0.2, 0.25) is 47.3 Å². The molecule has 4 aliphatic rings. The average Bonchev–Trinajstić information content (AvgIpc) is 4.16. The normalized spacial score (nSPS) is 23.0. The Labute approximate surface area is 403 Å². The van der Waals surface area contributed by atoms with Crippen LogP contribution in [0.25, 0.3) is 0 Å². The molecule has 1 aromatic rings. The molecule has 10 atom stereocenters. The second-order valence-corrected chi connectivity index (χ2v) is 19.7. The van der Waals surface area contributed by atoms with Crippen LogP contribution in [0.1, 0.15) is 104 Å². The fourth-order valence-corrected chi connectivity index (χ4v) is 9.97. The van der Waals surface area contributed by atoms with Crippen molar-refractivity contribution in [3.05, 3.63) is 35.9 Å². The number of hydrogen-bond acceptors (Lipinski definition) is 12. The van der Waals surface area contributed by atoms with Crippen molar-refractivity contribution in [2.75, 3.05) is 32.8 Å². The Kier molecular flexibility index (Phi) is 19.5. The van der Waals surface area contributed by atoms with E-state index >= 15 is 0 Å². The van der Waals surface area contributed by atoms with E-state index in [1.165, 1.54) is 16.7 Å². The molecule has 0 spiro atoms. The summed E-state index contributed by atoms with van der Waals surface area (Å²) in [4.78, 5) is 129. The minimum Gasteiger partial charge on any atom is -0.480 e. The molecule has 69 heavy (non-hydrogen) atoms. The number of nitrogens with one attached hydrogen (secondary N) is 4. The summed E-state index contributed by atoms with van der Waals surface area (Å²) in [7, 11) is 0. The minimum absolute atomic E-state index is 0.0843. The first kappa shape index (κ1) is 54.3. The summed E-state index contributed by atoms with van der Waals surface area (Å²) in [6.45, 7) is 9.03. The Balaban J connectivity index is 1.25. The number of hydrogen-bond donors (Lipinski definition) is 8. The number of carboxylic acids is 1. The molecule has 4 fully saturated rings. The fourth-order valence-electron chi connectivity index (χ4n) is 9.97. The molecular weight excluding hydrogens is 895 g/mol. The quantitative estimate of drug-likeness (QED) is 0.0736. The topological polar surface area (TPSA) is 301 Å². The van der Waals surface area contributed by atoms with Crippen molar-refractivity contribution >= 4 is 53.2 Å². The summed E-state index contributed by atoms with van der Waals surface area (Å²) in [6, 6.07) is -1.67. The predicted octanol–water partition coefficient (Wildman–Crippen LogP) is -0.990. The van der Waals surface area contributed by atoms with E-state index in [2.05, 4.69) is 21.3 Å². The number of nitrogens with two attached hydrogens (primary N) is 1. The van der Waals surface area contributed by atoms with Gasteiger partial charge in [-0.3, -0.25) is 38.4 Å². The summed E-state index contributed by atoms with van der Waals surface area (Å²) in [5, 5.41) is 40.4. The zero-order chi connectivity index (χ0) is 50.7.